The molecule has 1 aromatic carbocycles. The second kappa shape index (κ2) is 8.32. The summed E-state index contributed by atoms with van der Waals surface area (Å²) in [5, 5.41) is 7.14. The van der Waals surface area contributed by atoms with Crippen LogP contribution in [0.4, 0.5) is 16.2 Å². The van der Waals surface area contributed by atoms with E-state index in [1.54, 1.807) is 12.1 Å². The van der Waals surface area contributed by atoms with Crippen molar-refractivity contribution in [3.8, 4) is 0 Å². The third kappa shape index (κ3) is 5.20. The van der Waals surface area contributed by atoms with E-state index in [4.69, 9.17) is 4.74 Å². The first-order valence-electron chi connectivity index (χ1n) is 8.15. The Morgan fingerprint density at radius 1 is 1.23 bits per heavy atom. The van der Waals surface area contributed by atoms with E-state index in [1.165, 1.54) is 6.92 Å². The molecular formula is C17H22N4O5. The molecule has 0 saturated carbocycles. The van der Waals surface area contributed by atoms with Crippen LogP contribution < -0.4 is 20.9 Å². The smallest absolute Gasteiger partial charge is 0.322 e. The van der Waals surface area contributed by atoms with Crippen molar-refractivity contribution in [3.05, 3.63) is 24.3 Å². The zero-order valence-electron chi connectivity index (χ0n) is 14.9. The highest BCUT2D eigenvalue weighted by Gasteiger charge is 2.30. The van der Waals surface area contributed by atoms with Gasteiger partial charge in [0.2, 0.25) is 0 Å². The number of esters is 1. The molecule has 1 saturated heterocycles. The van der Waals surface area contributed by atoms with Crippen LogP contribution in [0.3, 0.4) is 0 Å². The third-order valence-electron chi connectivity index (χ3n) is 3.82. The number of rotatable bonds is 7. The number of urea groups is 1. The molecule has 9 nitrogen and oxygen atoms in total. The van der Waals surface area contributed by atoms with E-state index in [0.29, 0.717) is 5.69 Å². The maximum absolute atomic E-state index is 12.1. The van der Waals surface area contributed by atoms with Crippen molar-refractivity contribution in [2.24, 2.45) is 0 Å². The summed E-state index contributed by atoms with van der Waals surface area (Å²) in [6.45, 7) is 1.46. The fourth-order valence-electron chi connectivity index (χ4n) is 2.32. The van der Waals surface area contributed by atoms with Crippen LogP contribution in [0.5, 0.6) is 0 Å². The molecule has 0 aliphatic carbocycles. The maximum atomic E-state index is 12.1. The van der Waals surface area contributed by atoms with E-state index in [0.717, 1.165) is 5.69 Å². The van der Waals surface area contributed by atoms with Gasteiger partial charge >= 0.3 is 12.0 Å². The molecule has 1 aromatic rings. The molecule has 1 fully saturated rings. The van der Waals surface area contributed by atoms with Crippen LogP contribution in [0.1, 0.15) is 19.8 Å². The number of hydrogen-bond donors (Lipinski definition) is 3. The van der Waals surface area contributed by atoms with Gasteiger partial charge in [-0.3, -0.25) is 19.7 Å². The number of anilines is 2. The van der Waals surface area contributed by atoms with Crippen LogP contribution in [0.15, 0.2) is 24.3 Å². The molecule has 1 heterocycles. The summed E-state index contributed by atoms with van der Waals surface area (Å²) in [5.74, 6) is -1.55. The van der Waals surface area contributed by atoms with E-state index in [1.807, 2.05) is 31.1 Å². The number of ether oxygens (including phenoxy) is 1. The highest BCUT2D eigenvalue weighted by atomic mass is 16.5. The van der Waals surface area contributed by atoms with Crippen LogP contribution in [0, 0.1) is 0 Å². The number of carbonyl (C=O) groups is 4. The van der Waals surface area contributed by atoms with Crippen molar-refractivity contribution < 1.29 is 23.9 Å². The molecule has 4 amide bonds. The highest BCUT2D eigenvalue weighted by molar-refractivity contribution is 6.04. The Morgan fingerprint density at radius 3 is 2.42 bits per heavy atom. The summed E-state index contributed by atoms with van der Waals surface area (Å²) in [5.41, 5.74) is 1.58. The summed E-state index contributed by atoms with van der Waals surface area (Å²) in [6, 6.07) is 5.88. The predicted molar refractivity (Wildman–Crippen MR) is 94.6 cm³/mol. The van der Waals surface area contributed by atoms with E-state index in [9.17, 15) is 19.2 Å². The molecule has 3 N–H and O–H groups in total. The van der Waals surface area contributed by atoms with Crippen molar-refractivity contribution >= 4 is 35.2 Å². The summed E-state index contributed by atoms with van der Waals surface area (Å²) in [7, 11) is 3.82. The number of benzene rings is 1. The first-order valence-corrected chi connectivity index (χ1v) is 8.15. The number of amides is 4. The van der Waals surface area contributed by atoms with Gasteiger partial charge in [-0.2, -0.15) is 0 Å². The average Bonchev–Trinajstić information content (AvgIpc) is 2.90. The summed E-state index contributed by atoms with van der Waals surface area (Å²) in [4.78, 5) is 48.2. The molecule has 2 atom stereocenters. The van der Waals surface area contributed by atoms with Crippen LogP contribution in [0.2, 0.25) is 0 Å². The Bertz CT molecular complexity index is 702. The van der Waals surface area contributed by atoms with Crippen molar-refractivity contribution in [2.45, 2.75) is 31.9 Å². The number of hydrogen-bond acceptors (Lipinski definition) is 6. The lowest BCUT2D eigenvalue weighted by molar-refractivity contribution is -0.153. The summed E-state index contributed by atoms with van der Waals surface area (Å²) < 4.78 is 5.06. The quantitative estimate of drug-likeness (QED) is 0.483. The summed E-state index contributed by atoms with van der Waals surface area (Å²) in [6.07, 6.45) is -0.965. The molecule has 9 heteroatoms. The van der Waals surface area contributed by atoms with Gasteiger partial charge < -0.3 is 20.3 Å². The Kier molecular flexibility index (Phi) is 6.16. The fraction of sp³-hybridized carbons (Fsp3) is 0.412. The van der Waals surface area contributed by atoms with E-state index in [2.05, 4.69) is 16.0 Å². The molecule has 0 radical (unpaired) electrons. The topological polar surface area (TPSA) is 117 Å². The van der Waals surface area contributed by atoms with E-state index >= 15 is 0 Å². The second-order valence-corrected chi connectivity index (χ2v) is 6.12. The van der Waals surface area contributed by atoms with Gasteiger partial charge in [-0.25, -0.2) is 4.79 Å². The van der Waals surface area contributed by atoms with Gasteiger partial charge in [-0.05, 0) is 37.6 Å². The largest absolute Gasteiger partial charge is 0.453 e. The number of nitrogens with zero attached hydrogens (tertiary/aromatic N) is 1. The Hall–Kier alpha value is -3.10. The fourth-order valence-corrected chi connectivity index (χ4v) is 2.32. The highest BCUT2D eigenvalue weighted by Crippen LogP contribution is 2.16. The van der Waals surface area contributed by atoms with Crippen LogP contribution in [-0.4, -0.2) is 50.1 Å². The average molecular weight is 362 g/mol. The molecule has 140 valence electrons. The Labute approximate surface area is 151 Å². The minimum Gasteiger partial charge on any atom is -0.453 e. The minimum absolute atomic E-state index is 0.0898. The standard InChI is InChI=1S/C17H22N4O5/c1-10(15(23)18-11-4-6-12(7-5-11)21(2)3)26-14(22)9-8-13-16(24)20-17(25)19-13/h4-7,10,13H,8-9H2,1-3H3,(H,18,23)(H2,19,20,24,25). The van der Waals surface area contributed by atoms with Crippen molar-refractivity contribution in [2.75, 3.05) is 24.3 Å². The molecule has 26 heavy (non-hydrogen) atoms. The first-order chi connectivity index (χ1) is 12.3. The van der Waals surface area contributed by atoms with Crippen molar-refractivity contribution in [1.29, 1.82) is 0 Å². The summed E-state index contributed by atoms with van der Waals surface area (Å²) >= 11 is 0. The van der Waals surface area contributed by atoms with Gasteiger partial charge in [0.15, 0.2) is 6.10 Å². The molecule has 2 unspecified atom stereocenters. The normalized spacial score (nSPS) is 17.1. The SMILES string of the molecule is CC(OC(=O)CCC1NC(=O)NC1=O)C(=O)Nc1ccc(N(C)C)cc1. The molecule has 1 aliphatic rings. The second-order valence-electron chi connectivity index (χ2n) is 6.12. The molecule has 0 spiro atoms. The molecule has 0 bridgehead atoms. The zero-order valence-corrected chi connectivity index (χ0v) is 14.9. The third-order valence-corrected chi connectivity index (χ3v) is 3.82. The van der Waals surface area contributed by atoms with Crippen molar-refractivity contribution in [1.82, 2.24) is 10.6 Å². The monoisotopic (exact) mass is 362 g/mol. The lowest BCUT2D eigenvalue weighted by Gasteiger charge is -2.15. The van der Waals surface area contributed by atoms with Gasteiger partial charge in [-0.1, -0.05) is 0 Å². The number of imide groups is 1. The van der Waals surface area contributed by atoms with Gasteiger partial charge in [0, 0.05) is 31.9 Å². The lowest BCUT2D eigenvalue weighted by Crippen LogP contribution is -2.32. The van der Waals surface area contributed by atoms with Crippen LogP contribution >= 0.6 is 0 Å². The number of carbonyl (C=O) groups excluding carboxylic acids is 4. The van der Waals surface area contributed by atoms with E-state index < -0.39 is 36.0 Å². The molecule has 1 aliphatic heterocycles. The zero-order chi connectivity index (χ0) is 19.3. The predicted octanol–water partition coefficient (Wildman–Crippen LogP) is 0.611. The first kappa shape index (κ1) is 19.2. The molecule has 2 rings (SSSR count). The van der Waals surface area contributed by atoms with Crippen LogP contribution in [0.25, 0.3) is 0 Å². The molecule has 0 aromatic heterocycles. The van der Waals surface area contributed by atoms with Gasteiger partial charge in [-0.15, -0.1) is 0 Å². The van der Waals surface area contributed by atoms with Crippen molar-refractivity contribution in [3.63, 3.8) is 0 Å². The van der Waals surface area contributed by atoms with Crippen LogP contribution in [-0.2, 0) is 19.1 Å². The minimum atomic E-state index is -0.983. The Morgan fingerprint density at radius 2 is 1.88 bits per heavy atom. The number of nitrogens with one attached hydrogen (secondary N) is 3. The van der Waals surface area contributed by atoms with Gasteiger partial charge in [0.1, 0.15) is 6.04 Å². The Balaban J connectivity index is 1.77. The van der Waals surface area contributed by atoms with Gasteiger partial charge in [0.25, 0.3) is 11.8 Å². The van der Waals surface area contributed by atoms with Gasteiger partial charge in [0.05, 0.1) is 0 Å². The lowest BCUT2D eigenvalue weighted by atomic mass is 10.1. The van der Waals surface area contributed by atoms with E-state index in [-0.39, 0.29) is 12.8 Å². The maximum Gasteiger partial charge on any atom is 0.322 e. The molecular weight excluding hydrogens is 340 g/mol.